The first-order chi connectivity index (χ1) is 4.74. The van der Waals surface area contributed by atoms with Gasteiger partial charge in [-0.15, -0.1) is 0 Å². The molecule has 1 nitrogen and oxygen atoms in total. The number of thiocarbonyl (C=S) groups is 1. The molecule has 0 rings (SSSR count). The molecule has 0 atom stereocenters. The van der Waals surface area contributed by atoms with Crippen molar-refractivity contribution in [1.82, 2.24) is 0 Å². The number of rotatable bonds is 4. The van der Waals surface area contributed by atoms with Crippen LogP contribution in [0.25, 0.3) is 0 Å². The molecule has 0 saturated carbocycles. The van der Waals surface area contributed by atoms with E-state index in [-0.39, 0.29) is 0 Å². The number of nitrogens with zero attached hydrogens (tertiary/aromatic N) is 1. The maximum absolute atomic E-state index is 4.62. The molecule has 0 radical (unpaired) electrons. The zero-order chi connectivity index (χ0) is 8.04. The summed E-state index contributed by atoms with van der Waals surface area (Å²) < 4.78 is 4.31. The molecule has 0 saturated heterocycles. The van der Waals surface area contributed by atoms with Crippen molar-refractivity contribution in [3.8, 4) is 0 Å². The fourth-order valence-corrected chi connectivity index (χ4v) is 3.83. The predicted octanol–water partition coefficient (Wildman–Crippen LogP) is 3.09. The van der Waals surface area contributed by atoms with Gasteiger partial charge in [0.05, 0.1) is 0 Å². The Hall–Kier alpha value is 0.0169. The van der Waals surface area contributed by atoms with E-state index in [2.05, 4.69) is 42.8 Å². The van der Waals surface area contributed by atoms with Gasteiger partial charge in [-0.3, -0.25) is 4.66 Å². The minimum Gasteiger partial charge on any atom is -0.273 e. The normalized spacial score (nSPS) is 10.7. The van der Waals surface area contributed by atoms with Crippen molar-refractivity contribution < 1.29 is 0 Å². The van der Waals surface area contributed by atoms with Crippen LogP contribution in [-0.2, 0) is 0 Å². The molecule has 0 heterocycles. The molecule has 10 heavy (non-hydrogen) atoms. The molecule has 0 aromatic rings. The second-order valence-corrected chi connectivity index (χ2v) is 7.46. The molecular formula is C7H15NSSi. The Morgan fingerprint density at radius 3 is 1.70 bits per heavy atom. The van der Waals surface area contributed by atoms with Gasteiger partial charge in [-0.2, -0.15) is 0 Å². The Morgan fingerprint density at radius 2 is 1.60 bits per heavy atom. The molecule has 3 heteroatoms. The van der Waals surface area contributed by atoms with Crippen LogP contribution in [0.1, 0.15) is 20.8 Å². The van der Waals surface area contributed by atoms with E-state index >= 15 is 0 Å². The molecule has 0 aliphatic rings. The van der Waals surface area contributed by atoms with Gasteiger partial charge in [0.15, 0.2) is 8.24 Å². The third kappa shape index (κ3) is 2.33. The van der Waals surface area contributed by atoms with E-state index in [4.69, 9.17) is 0 Å². The Labute approximate surface area is 69.6 Å². The first-order valence-electron chi connectivity index (χ1n) is 3.83. The van der Waals surface area contributed by atoms with Crippen molar-refractivity contribution in [1.29, 1.82) is 0 Å². The third-order valence-electron chi connectivity index (χ3n) is 2.26. The molecule has 58 valence electrons. The average Bonchev–Trinajstić information content (AvgIpc) is 2.01. The summed E-state index contributed by atoms with van der Waals surface area (Å²) in [5.74, 6) is 0. The van der Waals surface area contributed by atoms with E-state index in [1.807, 2.05) is 0 Å². The van der Waals surface area contributed by atoms with E-state index in [1.165, 1.54) is 18.1 Å². The number of hydrogen-bond donors (Lipinski definition) is 0. The van der Waals surface area contributed by atoms with Crippen LogP contribution in [-0.4, -0.2) is 13.4 Å². The fraction of sp³-hybridized carbons (Fsp3) is 0.857. The van der Waals surface area contributed by atoms with Crippen molar-refractivity contribution in [2.45, 2.75) is 38.9 Å². The van der Waals surface area contributed by atoms with E-state index in [0.29, 0.717) is 0 Å². The van der Waals surface area contributed by atoms with Gasteiger partial charge in [0.2, 0.25) is 0 Å². The van der Waals surface area contributed by atoms with E-state index in [1.54, 1.807) is 0 Å². The molecule has 0 bridgehead atoms. The Kier molecular flexibility index (Phi) is 4.78. The highest BCUT2D eigenvalue weighted by molar-refractivity contribution is 7.78. The van der Waals surface area contributed by atoms with E-state index in [0.717, 1.165) is 0 Å². The summed E-state index contributed by atoms with van der Waals surface area (Å²) in [5, 5.41) is 2.53. The number of hydrogen-bond acceptors (Lipinski definition) is 2. The van der Waals surface area contributed by atoms with Gasteiger partial charge >= 0.3 is 0 Å². The van der Waals surface area contributed by atoms with E-state index in [9.17, 15) is 0 Å². The van der Waals surface area contributed by atoms with Crippen LogP contribution in [0.5, 0.6) is 0 Å². The van der Waals surface area contributed by atoms with Gasteiger partial charge in [-0.1, -0.05) is 20.8 Å². The van der Waals surface area contributed by atoms with Crippen LogP contribution in [0.3, 0.4) is 0 Å². The lowest BCUT2D eigenvalue weighted by molar-refractivity contribution is 1.15. The van der Waals surface area contributed by atoms with Gasteiger partial charge in [0.25, 0.3) is 0 Å². The number of isothiocyanates is 1. The summed E-state index contributed by atoms with van der Waals surface area (Å²) in [6.45, 7) is 6.61. The van der Waals surface area contributed by atoms with Crippen LogP contribution in [0.15, 0.2) is 4.66 Å². The monoisotopic (exact) mass is 173 g/mol. The minimum absolute atomic E-state index is 1.20. The predicted molar refractivity (Wildman–Crippen MR) is 52.2 cm³/mol. The van der Waals surface area contributed by atoms with Crippen molar-refractivity contribution in [3.63, 3.8) is 0 Å². The maximum atomic E-state index is 4.62. The fourth-order valence-electron chi connectivity index (χ4n) is 1.08. The summed E-state index contributed by atoms with van der Waals surface area (Å²) >= 11 is 4.62. The second-order valence-electron chi connectivity index (χ2n) is 2.49. The largest absolute Gasteiger partial charge is 0.273 e. The van der Waals surface area contributed by atoms with Crippen molar-refractivity contribution in [3.05, 3.63) is 0 Å². The summed E-state index contributed by atoms with van der Waals surface area (Å²) in [6, 6.07) is 3.59. The van der Waals surface area contributed by atoms with Gasteiger partial charge in [0, 0.05) is 5.16 Å². The molecule has 0 spiro atoms. The van der Waals surface area contributed by atoms with Crippen molar-refractivity contribution in [2.75, 3.05) is 0 Å². The lowest BCUT2D eigenvalue weighted by Crippen LogP contribution is -2.28. The standard InChI is InChI=1S/C7H15NSSi/c1-4-10(5-2,6-3)8-7-9/h4-6H2,1-3H3. The topological polar surface area (TPSA) is 12.4 Å². The Bertz CT molecular complexity index is 128. The molecule has 0 aliphatic carbocycles. The molecule has 0 aromatic heterocycles. The molecule has 0 unspecified atom stereocenters. The van der Waals surface area contributed by atoms with E-state index < -0.39 is 8.24 Å². The van der Waals surface area contributed by atoms with Gasteiger partial charge in [0.1, 0.15) is 0 Å². The highest BCUT2D eigenvalue weighted by Crippen LogP contribution is 2.20. The SMILES string of the molecule is CC[Si](CC)(CC)N=C=S. The molecule has 0 N–H and O–H groups in total. The van der Waals surface area contributed by atoms with Crippen LogP contribution < -0.4 is 0 Å². The van der Waals surface area contributed by atoms with Gasteiger partial charge in [-0.25, -0.2) is 0 Å². The third-order valence-corrected chi connectivity index (χ3v) is 7.05. The van der Waals surface area contributed by atoms with Crippen LogP contribution in [0.2, 0.25) is 18.1 Å². The van der Waals surface area contributed by atoms with Crippen LogP contribution in [0, 0.1) is 0 Å². The summed E-state index contributed by atoms with van der Waals surface area (Å²) in [4.78, 5) is 0. The van der Waals surface area contributed by atoms with Crippen molar-refractivity contribution >= 4 is 25.6 Å². The molecule has 0 amide bonds. The Morgan fingerprint density at radius 1 is 1.20 bits per heavy atom. The first kappa shape index (κ1) is 10.0. The lowest BCUT2D eigenvalue weighted by atomic mass is 10.9. The molecular weight excluding hydrogens is 158 g/mol. The average molecular weight is 173 g/mol. The lowest BCUT2D eigenvalue weighted by Gasteiger charge is -2.19. The minimum atomic E-state index is -1.31. The maximum Gasteiger partial charge on any atom is 0.194 e. The second kappa shape index (κ2) is 4.77. The van der Waals surface area contributed by atoms with Gasteiger partial charge < -0.3 is 0 Å². The highest BCUT2D eigenvalue weighted by Gasteiger charge is 2.25. The first-order valence-corrected chi connectivity index (χ1v) is 6.81. The van der Waals surface area contributed by atoms with Crippen LogP contribution in [0.4, 0.5) is 0 Å². The van der Waals surface area contributed by atoms with Gasteiger partial charge in [-0.05, 0) is 30.4 Å². The summed E-state index contributed by atoms with van der Waals surface area (Å²) in [7, 11) is -1.31. The Balaban J connectivity index is 4.29. The summed E-state index contributed by atoms with van der Waals surface area (Å²) in [5.41, 5.74) is 0. The molecule has 0 aliphatic heterocycles. The molecule has 0 fully saturated rings. The van der Waals surface area contributed by atoms with Crippen molar-refractivity contribution in [2.24, 2.45) is 4.66 Å². The smallest absolute Gasteiger partial charge is 0.194 e. The highest BCUT2D eigenvalue weighted by atomic mass is 32.1. The summed E-state index contributed by atoms with van der Waals surface area (Å²) in [6.07, 6.45) is 0. The zero-order valence-electron chi connectivity index (χ0n) is 6.98. The quantitative estimate of drug-likeness (QED) is 0.361. The molecule has 0 aromatic carbocycles. The van der Waals surface area contributed by atoms with Crippen LogP contribution >= 0.6 is 12.2 Å². The zero-order valence-corrected chi connectivity index (χ0v) is 8.79.